The maximum atomic E-state index is 14.7. The molecule has 178 valence electrons. The number of pyridine rings is 1. The largest absolute Gasteiger partial charge is 0.349 e. The summed E-state index contributed by atoms with van der Waals surface area (Å²) < 4.78 is 31.3. The Bertz CT molecular complexity index is 1350. The average Bonchev–Trinajstić information content (AvgIpc) is 3.57. The monoisotopic (exact) mass is 474 g/mol. The number of hydrogen-bond acceptors (Lipinski definition) is 3. The van der Waals surface area contributed by atoms with Crippen molar-refractivity contribution in [3.8, 4) is 0 Å². The summed E-state index contributed by atoms with van der Waals surface area (Å²) in [6.45, 7) is 0.872. The number of halogens is 2. The summed E-state index contributed by atoms with van der Waals surface area (Å²) in [7, 11) is 0. The van der Waals surface area contributed by atoms with Crippen LogP contribution in [0.25, 0.3) is 5.65 Å². The molecule has 1 fully saturated rings. The molecule has 8 heteroatoms. The molecule has 0 aliphatic carbocycles. The van der Waals surface area contributed by atoms with E-state index in [0.29, 0.717) is 18.5 Å². The third-order valence-corrected chi connectivity index (χ3v) is 6.44. The molecule has 1 unspecified atom stereocenters. The molecule has 4 aromatic rings. The molecule has 2 amide bonds. The minimum Gasteiger partial charge on any atom is -0.348 e. The minimum atomic E-state index is -3.56. The van der Waals surface area contributed by atoms with Crippen molar-refractivity contribution in [1.29, 1.82) is 0 Å². The summed E-state index contributed by atoms with van der Waals surface area (Å²) in [6, 6.07) is 18.1. The predicted molar refractivity (Wildman–Crippen MR) is 127 cm³/mol. The van der Waals surface area contributed by atoms with Gasteiger partial charge >= 0.3 is 5.92 Å². The molecule has 2 aromatic carbocycles. The Hall–Kier alpha value is -4.07. The number of fused-ring (bicyclic) bond motifs is 1. The van der Waals surface area contributed by atoms with E-state index in [2.05, 4.69) is 10.3 Å². The normalized spacial score (nSPS) is 15.9. The van der Waals surface area contributed by atoms with E-state index >= 15 is 0 Å². The molecular weight excluding hydrogens is 450 g/mol. The van der Waals surface area contributed by atoms with Crippen LogP contribution in [0.3, 0.4) is 0 Å². The lowest BCUT2D eigenvalue weighted by Crippen LogP contribution is -2.40. The van der Waals surface area contributed by atoms with Gasteiger partial charge in [0.15, 0.2) is 0 Å². The van der Waals surface area contributed by atoms with Gasteiger partial charge in [-0.05, 0) is 41.8 Å². The molecule has 5 rings (SSSR count). The predicted octanol–water partition coefficient (Wildman–Crippen LogP) is 4.37. The van der Waals surface area contributed by atoms with Gasteiger partial charge in [0.05, 0.1) is 0 Å². The van der Waals surface area contributed by atoms with Gasteiger partial charge in [-0.3, -0.25) is 9.59 Å². The molecule has 0 saturated carbocycles. The first-order chi connectivity index (χ1) is 16.9. The van der Waals surface area contributed by atoms with Crippen molar-refractivity contribution < 1.29 is 18.4 Å². The SMILES string of the molecule is O=C(NCc1ccn2ccnc2c1)c1ccc(C2CCN(C(=O)C(F)(F)c3ccccc3)C2)cc1. The molecule has 6 nitrogen and oxygen atoms in total. The number of carbonyl (C=O) groups is 2. The average molecular weight is 475 g/mol. The number of carbonyl (C=O) groups excluding carboxylic acids is 2. The van der Waals surface area contributed by atoms with E-state index in [4.69, 9.17) is 0 Å². The summed E-state index contributed by atoms with van der Waals surface area (Å²) in [5.74, 6) is -4.98. The second-order valence-electron chi connectivity index (χ2n) is 8.71. The molecule has 0 radical (unpaired) electrons. The fourth-order valence-electron chi connectivity index (χ4n) is 4.44. The number of nitrogens with zero attached hydrogens (tertiary/aromatic N) is 3. The number of rotatable bonds is 6. The third kappa shape index (κ3) is 4.64. The van der Waals surface area contributed by atoms with Gasteiger partial charge in [0.25, 0.3) is 11.8 Å². The smallest absolute Gasteiger partial charge is 0.348 e. The lowest BCUT2D eigenvalue weighted by molar-refractivity contribution is -0.157. The van der Waals surface area contributed by atoms with E-state index in [1.165, 1.54) is 29.2 Å². The quantitative estimate of drug-likeness (QED) is 0.451. The van der Waals surface area contributed by atoms with Crippen molar-refractivity contribution in [3.63, 3.8) is 0 Å². The highest BCUT2D eigenvalue weighted by Crippen LogP contribution is 2.34. The maximum absolute atomic E-state index is 14.7. The summed E-state index contributed by atoms with van der Waals surface area (Å²) in [5, 5.41) is 2.90. The van der Waals surface area contributed by atoms with E-state index in [1.54, 1.807) is 24.4 Å². The highest BCUT2D eigenvalue weighted by molar-refractivity contribution is 5.94. The number of alkyl halides is 2. The summed E-state index contributed by atoms with van der Waals surface area (Å²) in [6.07, 6.45) is 6.06. The van der Waals surface area contributed by atoms with Crippen LogP contribution in [-0.2, 0) is 17.3 Å². The van der Waals surface area contributed by atoms with Gasteiger partial charge in [-0.15, -0.1) is 0 Å². The lowest BCUT2D eigenvalue weighted by atomic mass is 9.97. The van der Waals surface area contributed by atoms with Crippen molar-refractivity contribution in [2.45, 2.75) is 24.8 Å². The van der Waals surface area contributed by atoms with Crippen molar-refractivity contribution in [1.82, 2.24) is 19.6 Å². The first kappa shape index (κ1) is 22.7. The van der Waals surface area contributed by atoms with Crippen molar-refractivity contribution >= 4 is 17.5 Å². The van der Waals surface area contributed by atoms with Gasteiger partial charge in [-0.25, -0.2) is 4.98 Å². The number of hydrogen-bond donors (Lipinski definition) is 1. The van der Waals surface area contributed by atoms with Crippen molar-refractivity contribution in [2.75, 3.05) is 13.1 Å². The Labute approximate surface area is 201 Å². The van der Waals surface area contributed by atoms with Crippen LogP contribution in [0.5, 0.6) is 0 Å². The van der Waals surface area contributed by atoms with Gasteiger partial charge < -0.3 is 14.6 Å². The first-order valence-corrected chi connectivity index (χ1v) is 11.4. The van der Waals surface area contributed by atoms with E-state index in [9.17, 15) is 18.4 Å². The van der Waals surface area contributed by atoms with Gasteiger partial charge in [-0.2, -0.15) is 8.78 Å². The Morgan fingerprint density at radius 2 is 1.80 bits per heavy atom. The number of benzene rings is 2. The maximum Gasteiger partial charge on any atom is 0.349 e. The summed E-state index contributed by atoms with van der Waals surface area (Å²) in [5.41, 5.74) is 2.89. The van der Waals surface area contributed by atoms with Gasteiger partial charge in [0.2, 0.25) is 0 Å². The van der Waals surface area contributed by atoms with Crippen LogP contribution in [0, 0.1) is 0 Å². The molecule has 1 aliphatic rings. The topological polar surface area (TPSA) is 66.7 Å². The second-order valence-corrected chi connectivity index (χ2v) is 8.71. The van der Waals surface area contributed by atoms with Crippen LogP contribution in [0.15, 0.2) is 85.3 Å². The number of likely N-dealkylation sites (tertiary alicyclic amines) is 1. The number of nitrogens with one attached hydrogen (secondary N) is 1. The van der Waals surface area contributed by atoms with E-state index in [-0.39, 0.29) is 30.5 Å². The molecule has 0 spiro atoms. The molecule has 1 saturated heterocycles. The van der Waals surface area contributed by atoms with Gasteiger partial charge in [0, 0.05) is 55.3 Å². The lowest BCUT2D eigenvalue weighted by Gasteiger charge is -2.23. The van der Waals surface area contributed by atoms with E-state index in [1.807, 2.05) is 41.1 Å². The van der Waals surface area contributed by atoms with Crippen molar-refractivity contribution in [2.24, 2.45) is 0 Å². The Morgan fingerprint density at radius 1 is 1.03 bits per heavy atom. The van der Waals surface area contributed by atoms with Gasteiger partial charge in [-0.1, -0.05) is 42.5 Å². The molecular formula is C27H24F2N4O2. The fourth-order valence-corrected chi connectivity index (χ4v) is 4.44. The molecule has 0 bridgehead atoms. The second kappa shape index (κ2) is 9.29. The standard InChI is InChI=1S/C27H24F2N4O2/c28-27(29,23-4-2-1-3-5-23)26(35)33-14-11-22(18-33)20-6-8-21(9-7-20)25(34)31-17-19-10-13-32-15-12-30-24(32)16-19/h1-10,12-13,15-16,22H,11,14,17-18H2,(H,31,34). The molecule has 1 atom stereocenters. The molecule has 2 aromatic heterocycles. The number of aromatic nitrogens is 2. The summed E-state index contributed by atoms with van der Waals surface area (Å²) in [4.78, 5) is 30.6. The highest BCUT2D eigenvalue weighted by Gasteiger charge is 2.45. The Morgan fingerprint density at radius 3 is 2.57 bits per heavy atom. The van der Waals surface area contributed by atoms with Crippen LogP contribution in [0.2, 0.25) is 0 Å². The van der Waals surface area contributed by atoms with E-state index in [0.717, 1.165) is 16.8 Å². The summed E-state index contributed by atoms with van der Waals surface area (Å²) >= 11 is 0. The van der Waals surface area contributed by atoms with Crippen LogP contribution in [0.1, 0.15) is 39.4 Å². The first-order valence-electron chi connectivity index (χ1n) is 11.4. The fraction of sp³-hybridized carbons (Fsp3) is 0.222. The molecule has 1 N–H and O–H groups in total. The zero-order valence-electron chi connectivity index (χ0n) is 18.9. The third-order valence-electron chi connectivity index (χ3n) is 6.44. The highest BCUT2D eigenvalue weighted by atomic mass is 19.3. The van der Waals surface area contributed by atoms with Crippen LogP contribution in [0.4, 0.5) is 8.78 Å². The molecule has 1 aliphatic heterocycles. The molecule has 3 heterocycles. The van der Waals surface area contributed by atoms with E-state index < -0.39 is 11.8 Å². The van der Waals surface area contributed by atoms with Crippen LogP contribution < -0.4 is 5.32 Å². The Balaban J connectivity index is 1.19. The Kier molecular flexibility index (Phi) is 6.03. The minimum absolute atomic E-state index is 0.0519. The number of imidazole rings is 1. The zero-order chi connectivity index (χ0) is 24.4. The molecule has 35 heavy (non-hydrogen) atoms. The van der Waals surface area contributed by atoms with Crippen LogP contribution >= 0.6 is 0 Å². The number of amides is 2. The zero-order valence-corrected chi connectivity index (χ0v) is 18.9. The van der Waals surface area contributed by atoms with Crippen LogP contribution in [-0.4, -0.2) is 39.2 Å². The van der Waals surface area contributed by atoms with Crippen molar-refractivity contribution in [3.05, 3.63) is 108 Å². The van der Waals surface area contributed by atoms with Gasteiger partial charge in [0.1, 0.15) is 5.65 Å².